The molecule has 4 nitrogen and oxygen atoms in total. The molecule has 2 aromatic carbocycles. The molecule has 0 spiro atoms. The Morgan fingerprint density at radius 2 is 1.96 bits per heavy atom. The minimum atomic E-state index is -0.0904. The van der Waals surface area contributed by atoms with E-state index in [-0.39, 0.29) is 24.4 Å². The van der Waals surface area contributed by atoms with E-state index in [0.29, 0.717) is 12.1 Å². The van der Waals surface area contributed by atoms with Gasteiger partial charge in [0.25, 0.3) is 5.91 Å². The molecule has 1 fully saturated rings. The Morgan fingerprint density at radius 1 is 1.12 bits per heavy atom. The molecule has 4 rings (SSSR count). The molecule has 24 heavy (non-hydrogen) atoms. The Labute approximate surface area is 149 Å². The Morgan fingerprint density at radius 3 is 2.79 bits per heavy atom. The number of piperazine rings is 1. The maximum absolute atomic E-state index is 12.8. The van der Waals surface area contributed by atoms with Crippen molar-refractivity contribution in [2.45, 2.75) is 12.5 Å². The summed E-state index contributed by atoms with van der Waals surface area (Å²) < 4.78 is 0.862. The van der Waals surface area contributed by atoms with Gasteiger partial charge < -0.3 is 9.80 Å². The Bertz CT molecular complexity index is 821. The number of carbonyl (C=O) groups excluding carboxylic acids is 2. The molecular formula is C19H17BrN2O2. The van der Waals surface area contributed by atoms with Crippen molar-refractivity contribution in [2.75, 3.05) is 19.6 Å². The first kappa shape index (κ1) is 15.4. The molecule has 5 heteroatoms. The third-order valence-electron chi connectivity index (χ3n) is 4.81. The number of amides is 2. The second-order valence-electron chi connectivity index (χ2n) is 6.25. The average molecular weight is 385 g/mol. The fraction of sp³-hybridized carbons (Fsp3) is 0.263. The molecule has 0 aromatic heterocycles. The number of benzene rings is 2. The highest BCUT2D eigenvalue weighted by atomic mass is 79.9. The van der Waals surface area contributed by atoms with Gasteiger partial charge in [-0.3, -0.25) is 9.59 Å². The van der Waals surface area contributed by atoms with Crippen LogP contribution in [-0.2, 0) is 11.2 Å². The molecule has 1 unspecified atom stereocenters. The van der Waals surface area contributed by atoms with E-state index in [1.54, 1.807) is 17.0 Å². The van der Waals surface area contributed by atoms with Gasteiger partial charge in [-0.1, -0.05) is 46.3 Å². The summed E-state index contributed by atoms with van der Waals surface area (Å²) in [7, 11) is 0. The van der Waals surface area contributed by atoms with Crippen molar-refractivity contribution in [3.05, 3.63) is 69.7 Å². The van der Waals surface area contributed by atoms with E-state index in [1.807, 2.05) is 29.2 Å². The molecule has 2 heterocycles. The van der Waals surface area contributed by atoms with Crippen molar-refractivity contribution in [1.29, 1.82) is 0 Å². The fourth-order valence-corrected chi connectivity index (χ4v) is 4.03. The number of hydrogen-bond acceptors (Lipinski definition) is 2. The predicted molar refractivity (Wildman–Crippen MR) is 94.6 cm³/mol. The summed E-state index contributed by atoms with van der Waals surface area (Å²) in [6.45, 7) is 1.44. The van der Waals surface area contributed by atoms with Gasteiger partial charge >= 0.3 is 0 Å². The van der Waals surface area contributed by atoms with E-state index in [0.717, 1.165) is 17.4 Å². The third-order valence-corrected chi connectivity index (χ3v) is 5.30. The zero-order chi connectivity index (χ0) is 16.7. The number of nitrogens with zero attached hydrogens (tertiary/aromatic N) is 2. The molecule has 2 aliphatic rings. The van der Waals surface area contributed by atoms with E-state index in [1.165, 1.54) is 11.1 Å². The van der Waals surface area contributed by atoms with Gasteiger partial charge in [0.05, 0.1) is 6.04 Å². The fourth-order valence-electron chi connectivity index (χ4n) is 3.63. The Balaban J connectivity index is 1.65. The minimum Gasteiger partial charge on any atom is -0.332 e. The van der Waals surface area contributed by atoms with Gasteiger partial charge in [0.15, 0.2) is 0 Å². The van der Waals surface area contributed by atoms with Gasteiger partial charge in [0.2, 0.25) is 5.91 Å². The summed E-state index contributed by atoms with van der Waals surface area (Å²) in [6, 6.07) is 15.5. The Hall–Kier alpha value is -2.14. The monoisotopic (exact) mass is 384 g/mol. The maximum Gasteiger partial charge on any atom is 0.254 e. The first-order chi connectivity index (χ1) is 11.6. The van der Waals surface area contributed by atoms with Crippen LogP contribution in [0.5, 0.6) is 0 Å². The number of fused-ring (bicyclic) bond motifs is 3. The number of halogens is 1. The first-order valence-electron chi connectivity index (χ1n) is 8.05. The van der Waals surface area contributed by atoms with Crippen molar-refractivity contribution in [3.8, 4) is 0 Å². The lowest BCUT2D eigenvalue weighted by molar-refractivity contribution is -0.139. The summed E-state index contributed by atoms with van der Waals surface area (Å²) in [5.41, 5.74) is 3.06. The van der Waals surface area contributed by atoms with Gasteiger partial charge in [-0.15, -0.1) is 0 Å². The summed E-state index contributed by atoms with van der Waals surface area (Å²) in [5.74, 6) is -0.0588. The SMILES string of the molecule is O=C(c1cccc(Br)c1)N1CC(=O)N2CCc3ccccc3C2C1. The predicted octanol–water partition coefficient (Wildman–Crippen LogP) is 3.03. The summed E-state index contributed by atoms with van der Waals surface area (Å²) in [6.07, 6.45) is 0.887. The number of hydrogen-bond donors (Lipinski definition) is 0. The van der Waals surface area contributed by atoms with E-state index in [4.69, 9.17) is 0 Å². The molecule has 122 valence electrons. The second-order valence-corrected chi connectivity index (χ2v) is 7.16. The Kier molecular flexibility index (Phi) is 3.88. The lowest BCUT2D eigenvalue weighted by Gasteiger charge is -2.44. The third kappa shape index (κ3) is 2.63. The van der Waals surface area contributed by atoms with E-state index >= 15 is 0 Å². The van der Waals surface area contributed by atoms with Crippen molar-refractivity contribution in [1.82, 2.24) is 9.80 Å². The van der Waals surface area contributed by atoms with Gasteiger partial charge in [0.1, 0.15) is 6.54 Å². The molecule has 0 N–H and O–H groups in total. The molecule has 0 aliphatic carbocycles. The zero-order valence-electron chi connectivity index (χ0n) is 13.1. The molecule has 2 aliphatic heterocycles. The van der Waals surface area contributed by atoms with Crippen LogP contribution in [0.3, 0.4) is 0 Å². The standard InChI is InChI=1S/C19H17BrN2O2/c20-15-6-3-5-14(10-15)19(24)21-11-17-16-7-2-1-4-13(16)8-9-22(17)18(23)12-21/h1-7,10,17H,8-9,11-12H2. The molecule has 0 bridgehead atoms. The van der Waals surface area contributed by atoms with E-state index in [9.17, 15) is 9.59 Å². The van der Waals surface area contributed by atoms with Gasteiger partial charge in [0, 0.05) is 23.1 Å². The molecule has 0 saturated carbocycles. The molecule has 1 atom stereocenters. The van der Waals surface area contributed by atoms with Crippen LogP contribution in [0.15, 0.2) is 53.0 Å². The normalized spacial score (nSPS) is 19.7. The number of carbonyl (C=O) groups is 2. The largest absolute Gasteiger partial charge is 0.332 e. The van der Waals surface area contributed by atoms with Crippen molar-refractivity contribution >= 4 is 27.7 Å². The van der Waals surface area contributed by atoms with Gasteiger partial charge in [-0.2, -0.15) is 0 Å². The van der Waals surface area contributed by atoms with Gasteiger partial charge in [-0.05, 0) is 35.7 Å². The average Bonchev–Trinajstić information content (AvgIpc) is 2.61. The van der Waals surface area contributed by atoms with Crippen LogP contribution >= 0.6 is 15.9 Å². The molecule has 2 amide bonds. The number of rotatable bonds is 1. The maximum atomic E-state index is 12.8. The van der Waals surface area contributed by atoms with Crippen LogP contribution in [0.4, 0.5) is 0 Å². The second kappa shape index (κ2) is 6.06. The smallest absolute Gasteiger partial charge is 0.254 e. The highest BCUT2D eigenvalue weighted by Gasteiger charge is 2.38. The highest BCUT2D eigenvalue weighted by molar-refractivity contribution is 9.10. The molecule has 2 aromatic rings. The van der Waals surface area contributed by atoms with Crippen LogP contribution in [0.1, 0.15) is 27.5 Å². The van der Waals surface area contributed by atoms with Crippen LogP contribution in [0.2, 0.25) is 0 Å². The van der Waals surface area contributed by atoms with Crippen LogP contribution in [0.25, 0.3) is 0 Å². The van der Waals surface area contributed by atoms with Crippen LogP contribution in [0, 0.1) is 0 Å². The molecule has 0 radical (unpaired) electrons. The van der Waals surface area contributed by atoms with Gasteiger partial charge in [-0.25, -0.2) is 0 Å². The molecular weight excluding hydrogens is 368 g/mol. The van der Waals surface area contributed by atoms with Crippen LogP contribution < -0.4 is 0 Å². The summed E-state index contributed by atoms with van der Waals surface area (Å²) in [5, 5.41) is 0. The lowest BCUT2D eigenvalue weighted by Crippen LogP contribution is -2.55. The van der Waals surface area contributed by atoms with Crippen molar-refractivity contribution in [3.63, 3.8) is 0 Å². The minimum absolute atomic E-state index is 0.0316. The highest BCUT2D eigenvalue weighted by Crippen LogP contribution is 2.33. The molecule has 1 saturated heterocycles. The lowest BCUT2D eigenvalue weighted by atomic mass is 9.90. The van der Waals surface area contributed by atoms with Crippen LogP contribution in [-0.4, -0.2) is 41.2 Å². The topological polar surface area (TPSA) is 40.6 Å². The zero-order valence-corrected chi connectivity index (χ0v) is 14.7. The van der Waals surface area contributed by atoms with Crippen molar-refractivity contribution in [2.24, 2.45) is 0 Å². The summed E-state index contributed by atoms with van der Waals surface area (Å²) in [4.78, 5) is 29.0. The van der Waals surface area contributed by atoms with Crippen molar-refractivity contribution < 1.29 is 9.59 Å². The van der Waals surface area contributed by atoms with E-state index < -0.39 is 0 Å². The first-order valence-corrected chi connectivity index (χ1v) is 8.85. The quantitative estimate of drug-likeness (QED) is 0.757. The summed E-state index contributed by atoms with van der Waals surface area (Å²) >= 11 is 3.40. The van der Waals surface area contributed by atoms with E-state index in [2.05, 4.69) is 28.1 Å².